The van der Waals surface area contributed by atoms with Gasteiger partial charge in [0.2, 0.25) is 5.88 Å². The van der Waals surface area contributed by atoms with E-state index in [1.165, 1.54) is 0 Å². The van der Waals surface area contributed by atoms with Gasteiger partial charge in [-0.1, -0.05) is 42.0 Å². The number of hydrogen-bond donors (Lipinski definition) is 1. The van der Waals surface area contributed by atoms with Crippen LogP contribution in [0.25, 0.3) is 21.7 Å². The van der Waals surface area contributed by atoms with E-state index in [1.807, 2.05) is 67.6 Å². The number of aryl methyl sites for hydroxylation is 1. The number of azo groups is 1. The lowest BCUT2D eigenvalue weighted by atomic mass is 10.1. The summed E-state index contributed by atoms with van der Waals surface area (Å²) in [5, 5.41) is 21.8. The molecule has 0 bridgehead atoms. The van der Waals surface area contributed by atoms with Crippen molar-refractivity contribution < 1.29 is 19.4 Å². The molecule has 1 saturated heterocycles. The third-order valence-corrected chi connectivity index (χ3v) is 5.96. The first-order chi connectivity index (χ1) is 16.6. The number of amides is 1. The molecule has 1 fully saturated rings. The number of aromatic hydroxyl groups is 1. The smallest absolute Gasteiger partial charge is 0.302 e. The summed E-state index contributed by atoms with van der Waals surface area (Å²) >= 11 is 0. The number of rotatable bonds is 6. The van der Waals surface area contributed by atoms with Crippen LogP contribution in [0.1, 0.15) is 5.56 Å². The molecule has 1 aliphatic rings. The average molecular weight is 459 g/mol. The summed E-state index contributed by atoms with van der Waals surface area (Å²) in [7, 11) is 0. The maximum absolute atomic E-state index is 12.4. The maximum atomic E-state index is 12.4. The molecule has 0 saturated carbocycles. The van der Waals surface area contributed by atoms with Crippen molar-refractivity contribution in [3.63, 3.8) is 0 Å². The van der Waals surface area contributed by atoms with Gasteiger partial charge in [-0.3, -0.25) is 14.3 Å². The molecule has 8 nitrogen and oxygen atoms in total. The molecule has 0 aliphatic carbocycles. The third kappa shape index (κ3) is 4.64. The molecule has 1 amide bonds. The monoisotopic (exact) mass is 458 g/mol. The molecule has 2 heterocycles. The minimum absolute atomic E-state index is 0.0147. The minimum atomic E-state index is -0.533. The maximum Gasteiger partial charge on any atom is 0.302 e. The normalized spacial score (nSPS) is 14.9. The molecule has 1 aliphatic heterocycles. The summed E-state index contributed by atoms with van der Waals surface area (Å²) in [6.45, 7) is 5.13. The number of carbonyl (C=O) groups excluding carboxylic acids is 1. The van der Waals surface area contributed by atoms with Crippen molar-refractivity contribution in [3.8, 4) is 11.6 Å². The molecule has 0 spiro atoms. The van der Waals surface area contributed by atoms with Gasteiger partial charge in [0.05, 0.1) is 25.4 Å². The number of carbonyl (C=O) groups is 1. The second-order valence-corrected chi connectivity index (χ2v) is 8.38. The fraction of sp³-hybridized carbons (Fsp3) is 0.269. The van der Waals surface area contributed by atoms with E-state index in [4.69, 9.17) is 9.47 Å². The molecule has 0 atom stereocenters. The highest BCUT2D eigenvalue weighted by Gasteiger charge is 2.20. The number of aromatic nitrogens is 1. The first kappa shape index (κ1) is 22.1. The van der Waals surface area contributed by atoms with Crippen molar-refractivity contribution in [1.29, 1.82) is 0 Å². The van der Waals surface area contributed by atoms with Crippen LogP contribution in [-0.4, -0.2) is 53.4 Å². The molecule has 1 aromatic heterocycles. The van der Waals surface area contributed by atoms with E-state index >= 15 is 0 Å². The zero-order valence-electron chi connectivity index (χ0n) is 19.0. The molecule has 34 heavy (non-hydrogen) atoms. The van der Waals surface area contributed by atoms with Gasteiger partial charge in [-0.25, -0.2) is 0 Å². The lowest BCUT2D eigenvalue weighted by molar-refractivity contribution is -0.120. The molecule has 3 aromatic carbocycles. The lowest BCUT2D eigenvalue weighted by Crippen LogP contribution is -2.37. The van der Waals surface area contributed by atoms with Crippen LogP contribution < -0.4 is 4.74 Å². The van der Waals surface area contributed by atoms with Crippen molar-refractivity contribution in [3.05, 3.63) is 66.2 Å². The predicted octanol–water partition coefficient (Wildman–Crippen LogP) is 4.79. The van der Waals surface area contributed by atoms with E-state index in [-0.39, 0.29) is 18.2 Å². The van der Waals surface area contributed by atoms with Gasteiger partial charge in [-0.15, -0.1) is 10.2 Å². The Morgan fingerprint density at radius 2 is 1.85 bits per heavy atom. The van der Waals surface area contributed by atoms with Gasteiger partial charge in [0.1, 0.15) is 5.75 Å². The first-order valence-electron chi connectivity index (χ1n) is 11.3. The fourth-order valence-corrected chi connectivity index (χ4v) is 4.16. The van der Waals surface area contributed by atoms with Gasteiger partial charge in [-0.2, -0.15) is 0 Å². The van der Waals surface area contributed by atoms with E-state index in [9.17, 15) is 9.90 Å². The highest BCUT2D eigenvalue weighted by molar-refractivity contribution is 5.95. The SMILES string of the molecule is Cc1ccc2c(c1)c(N=NC(=O)COc1ccc3ccccc3c1)c(O)n2CN1CCOCC1. The largest absolute Gasteiger partial charge is 0.493 e. The lowest BCUT2D eigenvalue weighted by Gasteiger charge is -2.27. The van der Waals surface area contributed by atoms with Crippen molar-refractivity contribution in [2.45, 2.75) is 13.6 Å². The number of nitrogens with zero attached hydrogens (tertiary/aromatic N) is 4. The van der Waals surface area contributed by atoms with Crippen LogP contribution in [0, 0.1) is 6.92 Å². The summed E-state index contributed by atoms with van der Waals surface area (Å²) in [6.07, 6.45) is 0. The molecule has 8 heteroatoms. The molecule has 0 unspecified atom stereocenters. The van der Waals surface area contributed by atoms with Crippen molar-refractivity contribution in [2.75, 3.05) is 32.9 Å². The highest BCUT2D eigenvalue weighted by Crippen LogP contribution is 2.39. The van der Waals surface area contributed by atoms with Crippen LogP contribution in [-0.2, 0) is 16.2 Å². The van der Waals surface area contributed by atoms with Crippen LogP contribution in [0.4, 0.5) is 5.69 Å². The summed E-state index contributed by atoms with van der Waals surface area (Å²) in [4.78, 5) is 14.6. The molecule has 0 radical (unpaired) electrons. The molecular formula is C26H26N4O4. The Labute approximate surface area is 197 Å². The Bertz CT molecular complexity index is 1370. The zero-order valence-corrected chi connectivity index (χ0v) is 19.0. The Hall–Kier alpha value is -3.75. The van der Waals surface area contributed by atoms with E-state index in [1.54, 1.807) is 4.57 Å². The number of fused-ring (bicyclic) bond motifs is 2. The molecule has 1 N–H and O–H groups in total. The third-order valence-electron chi connectivity index (χ3n) is 5.96. The fourth-order valence-electron chi connectivity index (χ4n) is 4.16. The number of morpholine rings is 1. The van der Waals surface area contributed by atoms with Crippen LogP contribution in [0.2, 0.25) is 0 Å². The molecular weight excluding hydrogens is 432 g/mol. The van der Waals surface area contributed by atoms with Gasteiger partial charge in [0.25, 0.3) is 0 Å². The topological polar surface area (TPSA) is 88.7 Å². The van der Waals surface area contributed by atoms with Crippen LogP contribution in [0.15, 0.2) is 70.9 Å². The standard InChI is InChI=1S/C26H26N4O4/c1-18-6-9-23-22(14-18)25(26(32)30(23)17-29-10-12-33-13-11-29)28-27-24(31)16-34-21-8-7-19-4-2-3-5-20(19)15-21/h2-9,14-15,32H,10-13,16-17H2,1H3. The Kier molecular flexibility index (Phi) is 6.24. The van der Waals surface area contributed by atoms with Crippen LogP contribution >= 0.6 is 0 Å². The second kappa shape index (κ2) is 9.62. The molecule has 174 valence electrons. The summed E-state index contributed by atoms with van der Waals surface area (Å²) in [6, 6.07) is 19.5. The quantitative estimate of drug-likeness (QED) is 0.420. The molecule has 5 rings (SSSR count). The van der Waals surface area contributed by atoms with E-state index in [0.717, 1.165) is 40.3 Å². The van der Waals surface area contributed by atoms with Crippen molar-refractivity contribution >= 4 is 33.3 Å². The number of ether oxygens (including phenoxy) is 2. The Morgan fingerprint density at radius 1 is 1.06 bits per heavy atom. The average Bonchev–Trinajstić information content (AvgIpc) is 3.11. The number of benzene rings is 3. The highest BCUT2D eigenvalue weighted by atomic mass is 16.5. The molecule has 4 aromatic rings. The summed E-state index contributed by atoms with van der Waals surface area (Å²) in [5.74, 6) is 0.0382. The van der Waals surface area contributed by atoms with Gasteiger partial charge in [0.15, 0.2) is 12.3 Å². The van der Waals surface area contributed by atoms with Crippen molar-refractivity contribution in [2.24, 2.45) is 10.2 Å². The van der Waals surface area contributed by atoms with Gasteiger partial charge in [0, 0.05) is 18.5 Å². The van der Waals surface area contributed by atoms with E-state index in [0.29, 0.717) is 25.6 Å². The van der Waals surface area contributed by atoms with Gasteiger partial charge in [-0.05, 0) is 42.0 Å². The van der Waals surface area contributed by atoms with Crippen LogP contribution in [0.3, 0.4) is 0 Å². The summed E-state index contributed by atoms with van der Waals surface area (Å²) < 4.78 is 12.8. The minimum Gasteiger partial charge on any atom is -0.493 e. The van der Waals surface area contributed by atoms with Crippen molar-refractivity contribution in [1.82, 2.24) is 9.47 Å². The Balaban J connectivity index is 1.34. The summed E-state index contributed by atoms with van der Waals surface area (Å²) in [5.41, 5.74) is 2.15. The predicted molar refractivity (Wildman–Crippen MR) is 130 cm³/mol. The zero-order chi connectivity index (χ0) is 23.5. The van der Waals surface area contributed by atoms with E-state index in [2.05, 4.69) is 15.1 Å². The van der Waals surface area contributed by atoms with Gasteiger partial charge >= 0.3 is 5.91 Å². The van der Waals surface area contributed by atoms with Gasteiger partial charge < -0.3 is 14.6 Å². The Morgan fingerprint density at radius 3 is 2.68 bits per heavy atom. The van der Waals surface area contributed by atoms with E-state index < -0.39 is 5.91 Å². The first-order valence-corrected chi connectivity index (χ1v) is 11.3. The number of hydrogen-bond acceptors (Lipinski definition) is 6. The van der Waals surface area contributed by atoms with Crippen LogP contribution in [0.5, 0.6) is 11.6 Å². The second-order valence-electron chi connectivity index (χ2n) is 8.38.